The topological polar surface area (TPSA) is 83.4 Å². The standard InChI is InChI=1S/C14H25N3O3/c1-3-7-18-10-14(2,15)13-16-12(20-17-13)9-11-6-4-5-8-19-11/h11H,3-10,15H2,1-2H3. The molecule has 0 saturated carbocycles. The highest BCUT2D eigenvalue weighted by molar-refractivity contribution is 5.02. The fourth-order valence-corrected chi connectivity index (χ4v) is 2.23. The molecular formula is C14H25N3O3. The van der Waals surface area contributed by atoms with E-state index >= 15 is 0 Å². The molecule has 2 atom stereocenters. The fourth-order valence-electron chi connectivity index (χ4n) is 2.23. The lowest BCUT2D eigenvalue weighted by Crippen LogP contribution is -2.39. The van der Waals surface area contributed by atoms with Crippen molar-refractivity contribution < 1.29 is 14.0 Å². The van der Waals surface area contributed by atoms with Crippen LogP contribution < -0.4 is 5.73 Å². The largest absolute Gasteiger partial charge is 0.379 e. The third-order valence-corrected chi connectivity index (χ3v) is 3.41. The van der Waals surface area contributed by atoms with Crippen molar-refractivity contribution in [3.8, 4) is 0 Å². The van der Waals surface area contributed by atoms with Crippen molar-refractivity contribution >= 4 is 0 Å². The van der Waals surface area contributed by atoms with Gasteiger partial charge in [0.2, 0.25) is 5.89 Å². The van der Waals surface area contributed by atoms with E-state index in [0.29, 0.717) is 31.3 Å². The predicted molar refractivity (Wildman–Crippen MR) is 74.2 cm³/mol. The Bertz CT molecular complexity index is 400. The molecule has 0 bridgehead atoms. The molecule has 1 aromatic heterocycles. The minimum absolute atomic E-state index is 0.192. The predicted octanol–water partition coefficient (Wildman–Crippen LogP) is 1.78. The first-order valence-electron chi connectivity index (χ1n) is 7.43. The average Bonchev–Trinajstić information content (AvgIpc) is 2.89. The quantitative estimate of drug-likeness (QED) is 0.768. The van der Waals surface area contributed by atoms with Crippen LogP contribution >= 0.6 is 0 Å². The maximum atomic E-state index is 6.18. The molecular weight excluding hydrogens is 258 g/mol. The van der Waals surface area contributed by atoms with Crippen LogP contribution in [0, 0.1) is 0 Å². The van der Waals surface area contributed by atoms with Gasteiger partial charge in [-0.15, -0.1) is 0 Å². The zero-order valence-corrected chi connectivity index (χ0v) is 12.4. The summed E-state index contributed by atoms with van der Waals surface area (Å²) >= 11 is 0. The van der Waals surface area contributed by atoms with Crippen LogP contribution in [0.5, 0.6) is 0 Å². The van der Waals surface area contributed by atoms with Gasteiger partial charge in [-0.05, 0) is 32.6 Å². The second-order valence-electron chi connectivity index (χ2n) is 5.67. The SMILES string of the molecule is CCCOCC(C)(N)c1noc(CC2CCCCO2)n1. The lowest BCUT2D eigenvalue weighted by atomic mass is 10.0. The molecule has 1 saturated heterocycles. The number of nitrogens with zero attached hydrogens (tertiary/aromatic N) is 2. The fraction of sp³-hybridized carbons (Fsp3) is 0.857. The highest BCUT2D eigenvalue weighted by Gasteiger charge is 2.28. The summed E-state index contributed by atoms with van der Waals surface area (Å²) < 4.78 is 16.4. The van der Waals surface area contributed by atoms with Crippen molar-refractivity contribution in [1.82, 2.24) is 10.1 Å². The first-order valence-corrected chi connectivity index (χ1v) is 7.43. The van der Waals surface area contributed by atoms with E-state index in [1.54, 1.807) is 0 Å². The van der Waals surface area contributed by atoms with Crippen molar-refractivity contribution in [2.75, 3.05) is 19.8 Å². The third-order valence-electron chi connectivity index (χ3n) is 3.41. The summed E-state index contributed by atoms with van der Waals surface area (Å²) in [5, 5.41) is 3.99. The van der Waals surface area contributed by atoms with Gasteiger partial charge in [0, 0.05) is 13.2 Å². The molecule has 6 heteroatoms. The van der Waals surface area contributed by atoms with Gasteiger partial charge in [0.25, 0.3) is 0 Å². The van der Waals surface area contributed by atoms with Crippen molar-refractivity contribution in [2.45, 2.75) is 57.6 Å². The molecule has 0 radical (unpaired) electrons. The number of nitrogens with two attached hydrogens (primary N) is 1. The minimum Gasteiger partial charge on any atom is -0.379 e. The summed E-state index contributed by atoms with van der Waals surface area (Å²) in [6, 6.07) is 0. The number of rotatable bonds is 7. The number of hydrogen-bond donors (Lipinski definition) is 1. The molecule has 2 unspecified atom stereocenters. The van der Waals surface area contributed by atoms with Crippen LogP contribution in [-0.2, 0) is 21.4 Å². The average molecular weight is 283 g/mol. The zero-order valence-electron chi connectivity index (χ0n) is 12.4. The first-order chi connectivity index (χ1) is 9.62. The maximum Gasteiger partial charge on any atom is 0.229 e. The summed E-state index contributed by atoms with van der Waals surface area (Å²) in [6.45, 7) is 5.82. The molecule has 1 aliphatic heterocycles. The summed E-state index contributed by atoms with van der Waals surface area (Å²) in [5.41, 5.74) is 5.47. The first kappa shape index (κ1) is 15.4. The maximum absolute atomic E-state index is 6.18. The lowest BCUT2D eigenvalue weighted by Gasteiger charge is -2.21. The van der Waals surface area contributed by atoms with E-state index in [1.807, 2.05) is 6.92 Å². The van der Waals surface area contributed by atoms with Crippen LogP contribution in [0.3, 0.4) is 0 Å². The van der Waals surface area contributed by atoms with Crippen molar-refractivity contribution in [3.05, 3.63) is 11.7 Å². The summed E-state index contributed by atoms with van der Waals surface area (Å²) in [6.07, 6.45) is 5.21. The Balaban J connectivity index is 1.89. The summed E-state index contributed by atoms with van der Waals surface area (Å²) in [4.78, 5) is 4.39. The second kappa shape index (κ2) is 7.15. The van der Waals surface area contributed by atoms with Crippen LogP contribution in [0.1, 0.15) is 51.2 Å². The highest BCUT2D eigenvalue weighted by atomic mass is 16.5. The van der Waals surface area contributed by atoms with Crippen molar-refractivity contribution in [3.63, 3.8) is 0 Å². The number of aromatic nitrogens is 2. The van der Waals surface area contributed by atoms with Crippen molar-refractivity contribution in [2.24, 2.45) is 5.73 Å². The molecule has 0 aromatic carbocycles. The van der Waals surface area contributed by atoms with Crippen LogP contribution in [0.2, 0.25) is 0 Å². The molecule has 1 aliphatic rings. The monoisotopic (exact) mass is 283 g/mol. The van der Waals surface area contributed by atoms with Crippen LogP contribution in [0.25, 0.3) is 0 Å². The smallest absolute Gasteiger partial charge is 0.229 e. The van der Waals surface area contributed by atoms with Gasteiger partial charge in [-0.2, -0.15) is 4.98 Å². The molecule has 2 rings (SSSR count). The molecule has 1 fully saturated rings. The Morgan fingerprint density at radius 2 is 2.30 bits per heavy atom. The van der Waals surface area contributed by atoms with Gasteiger partial charge in [-0.1, -0.05) is 12.1 Å². The van der Waals surface area contributed by atoms with Crippen molar-refractivity contribution in [1.29, 1.82) is 0 Å². The van der Waals surface area contributed by atoms with Gasteiger partial charge < -0.3 is 19.7 Å². The van der Waals surface area contributed by atoms with Gasteiger partial charge in [0.05, 0.1) is 19.1 Å². The Kier molecular flexibility index (Phi) is 5.51. The van der Waals surface area contributed by atoms with E-state index < -0.39 is 5.54 Å². The Labute approximate surface area is 120 Å². The molecule has 0 aliphatic carbocycles. The van der Waals surface area contributed by atoms with E-state index in [-0.39, 0.29) is 6.10 Å². The summed E-state index contributed by atoms with van der Waals surface area (Å²) in [5.74, 6) is 1.10. The second-order valence-corrected chi connectivity index (χ2v) is 5.67. The number of ether oxygens (including phenoxy) is 2. The Morgan fingerprint density at radius 3 is 3.00 bits per heavy atom. The van der Waals surface area contributed by atoms with Crippen LogP contribution in [0.15, 0.2) is 4.52 Å². The van der Waals surface area contributed by atoms with E-state index in [0.717, 1.165) is 25.9 Å². The lowest BCUT2D eigenvalue weighted by molar-refractivity contribution is 0.0124. The molecule has 0 amide bonds. The van der Waals surface area contributed by atoms with Crippen LogP contribution in [-0.4, -0.2) is 36.1 Å². The Hall–Kier alpha value is -0.980. The van der Waals surface area contributed by atoms with Gasteiger partial charge in [-0.3, -0.25) is 0 Å². The molecule has 2 N–H and O–H groups in total. The highest BCUT2D eigenvalue weighted by Crippen LogP contribution is 2.19. The van der Waals surface area contributed by atoms with Crippen LogP contribution in [0.4, 0.5) is 0 Å². The van der Waals surface area contributed by atoms with Gasteiger partial charge in [-0.25, -0.2) is 0 Å². The number of hydrogen-bond acceptors (Lipinski definition) is 6. The van der Waals surface area contributed by atoms with E-state index in [1.165, 1.54) is 6.42 Å². The molecule has 20 heavy (non-hydrogen) atoms. The third kappa shape index (κ3) is 4.26. The van der Waals surface area contributed by atoms with Gasteiger partial charge >= 0.3 is 0 Å². The molecule has 1 aromatic rings. The van der Waals surface area contributed by atoms with E-state index in [9.17, 15) is 0 Å². The van der Waals surface area contributed by atoms with Gasteiger partial charge in [0.15, 0.2) is 5.82 Å². The van der Waals surface area contributed by atoms with E-state index in [2.05, 4.69) is 17.1 Å². The Morgan fingerprint density at radius 1 is 1.45 bits per heavy atom. The summed E-state index contributed by atoms with van der Waals surface area (Å²) in [7, 11) is 0. The van der Waals surface area contributed by atoms with Gasteiger partial charge in [0.1, 0.15) is 5.54 Å². The molecule has 0 spiro atoms. The normalized spacial score (nSPS) is 22.6. The zero-order chi connectivity index (χ0) is 14.4. The van der Waals surface area contributed by atoms with E-state index in [4.69, 9.17) is 19.7 Å². The minimum atomic E-state index is -0.718. The molecule has 2 heterocycles. The molecule has 114 valence electrons. The molecule has 6 nitrogen and oxygen atoms in total.